The lowest BCUT2D eigenvalue weighted by atomic mass is 9.95. The van der Waals surface area contributed by atoms with E-state index in [-0.39, 0.29) is 37.0 Å². The van der Waals surface area contributed by atoms with Gasteiger partial charge in [-0.2, -0.15) is 0 Å². The number of hydrogen-bond donors (Lipinski definition) is 5. The van der Waals surface area contributed by atoms with E-state index in [1.54, 1.807) is 13.1 Å². The smallest absolute Gasteiger partial charge is 0.348 e. The van der Waals surface area contributed by atoms with Crippen LogP contribution in [0.15, 0.2) is 12.5 Å². The quantitative estimate of drug-likeness (QED) is 0.157. The maximum absolute atomic E-state index is 13.3. The van der Waals surface area contributed by atoms with Crippen LogP contribution < -0.4 is 21.3 Å². The summed E-state index contributed by atoms with van der Waals surface area (Å²) in [7, 11) is 0. The molecule has 1 aliphatic rings. The first kappa shape index (κ1) is 33.9. The van der Waals surface area contributed by atoms with Gasteiger partial charge in [0.2, 0.25) is 23.6 Å². The summed E-state index contributed by atoms with van der Waals surface area (Å²) in [6.07, 6.45) is 4.30. The van der Waals surface area contributed by atoms with Crippen LogP contribution >= 0.6 is 0 Å². The number of rotatable bonds is 16. The third kappa shape index (κ3) is 10.6. The van der Waals surface area contributed by atoms with E-state index in [0.717, 1.165) is 5.69 Å². The third-order valence-corrected chi connectivity index (χ3v) is 6.71. The Morgan fingerprint density at radius 2 is 1.62 bits per heavy atom. The Balaban J connectivity index is 1.92. The van der Waals surface area contributed by atoms with Crippen LogP contribution in [0.1, 0.15) is 66.0 Å². The van der Waals surface area contributed by atoms with Crippen molar-refractivity contribution in [2.75, 3.05) is 13.1 Å². The second-order valence-electron chi connectivity index (χ2n) is 10.8. The van der Waals surface area contributed by atoms with E-state index in [2.05, 4.69) is 36.1 Å². The monoisotopic (exact) mass is 591 g/mol. The summed E-state index contributed by atoms with van der Waals surface area (Å²) in [6.45, 7) is 8.05. The van der Waals surface area contributed by atoms with E-state index in [4.69, 9.17) is 0 Å². The number of hydrogen-bond acceptors (Lipinski definition) is 9. The molecule has 2 rings (SSSR count). The van der Waals surface area contributed by atoms with E-state index in [1.807, 2.05) is 27.7 Å². The van der Waals surface area contributed by atoms with Crippen molar-refractivity contribution in [2.24, 2.45) is 17.8 Å². The highest BCUT2D eigenvalue weighted by molar-refractivity contribution is 6.01. The van der Waals surface area contributed by atoms with Gasteiger partial charge >= 0.3 is 5.97 Å². The number of imidazole rings is 1. The van der Waals surface area contributed by atoms with Gasteiger partial charge in [0.15, 0.2) is 0 Å². The first-order valence-corrected chi connectivity index (χ1v) is 14.0. The van der Waals surface area contributed by atoms with Crippen molar-refractivity contribution in [3.8, 4) is 0 Å². The molecule has 1 aromatic rings. The van der Waals surface area contributed by atoms with Gasteiger partial charge in [-0.15, -0.1) is 5.06 Å². The molecule has 15 heteroatoms. The minimum atomic E-state index is -1.03. The Hall–Kier alpha value is -4.30. The Morgan fingerprint density at radius 3 is 2.19 bits per heavy atom. The molecule has 2 heterocycles. The fourth-order valence-corrected chi connectivity index (χ4v) is 4.10. The van der Waals surface area contributed by atoms with Gasteiger partial charge in [-0.3, -0.25) is 28.8 Å². The summed E-state index contributed by atoms with van der Waals surface area (Å²) in [4.78, 5) is 97.9. The Kier molecular flexibility index (Phi) is 13.1. The molecule has 1 fully saturated rings. The number of carbonyl (C=O) groups excluding carboxylic acids is 7. The molecule has 4 atom stereocenters. The van der Waals surface area contributed by atoms with E-state index >= 15 is 0 Å². The summed E-state index contributed by atoms with van der Waals surface area (Å²) in [5, 5.41) is 10.6. The lowest BCUT2D eigenvalue weighted by Crippen LogP contribution is -2.57. The van der Waals surface area contributed by atoms with E-state index in [1.165, 1.54) is 6.33 Å². The molecule has 5 N–H and O–H groups in total. The van der Waals surface area contributed by atoms with E-state index in [9.17, 15) is 33.6 Å². The number of carbonyl (C=O) groups is 7. The average molecular weight is 592 g/mol. The molecule has 1 unspecified atom stereocenters. The van der Waals surface area contributed by atoms with Gasteiger partial charge in [0.1, 0.15) is 18.6 Å². The van der Waals surface area contributed by atoms with Crippen LogP contribution in [-0.4, -0.2) is 81.6 Å². The zero-order chi connectivity index (χ0) is 31.4. The van der Waals surface area contributed by atoms with Gasteiger partial charge in [0.05, 0.1) is 12.9 Å². The van der Waals surface area contributed by atoms with Gasteiger partial charge < -0.3 is 31.1 Å². The Morgan fingerprint density at radius 1 is 0.952 bits per heavy atom. The van der Waals surface area contributed by atoms with Crippen LogP contribution in [0, 0.1) is 17.8 Å². The number of nitrogens with zero attached hydrogens (tertiary/aromatic N) is 2. The highest BCUT2D eigenvalue weighted by Crippen LogP contribution is 2.14. The van der Waals surface area contributed by atoms with Crippen LogP contribution in [0.25, 0.3) is 0 Å². The van der Waals surface area contributed by atoms with Crippen molar-refractivity contribution in [3.05, 3.63) is 18.2 Å². The van der Waals surface area contributed by atoms with Crippen LogP contribution in [0.2, 0.25) is 0 Å². The van der Waals surface area contributed by atoms with Crippen molar-refractivity contribution in [1.82, 2.24) is 36.3 Å². The zero-order valence-electron chi connectivity index (χ0n) is 24.7. The normalized spacial score (nSPS) is 15.9. The molecule has 1 saturated heterocycles. The molecular weight excluding hydrogens is 550 g/mol. The molecule has 0 radical (unpaired) electrons. The first-order chi connectivity index (χ1) is 19.8. The number of aromatic amines is 1. The van der Waals surface area contributed by atoms with Crippen molar-refractivity contribution >= 4 is 41.4 Å². The van der Waals surface area contributed by atoms with Crippen molar-refractivity contribution in [2.45, 2.75) is 78.8 Å². The number of hydroxylamine groups is 2. The molecule has 0 aromatic carbocycles. The number of aromatic nitrogens is 2. The van der Waals surface area contributed by atoms with Crippen molar-refractivity contribution < 1.29 is 38.4 Å². The van der Waals surface area contributed by atoms with Crippen LogP contribution in [0.4, 0.5) is 0 Å². The molecule has 0 aliphatic carbocycles. The third-order valence-electron chi connectivity index (χ3n) is 6.71. The molecule has 1 aliphatic heterocycles. The van der Waals surface area contributed by atoms with E-state index < -0.39 is 66.6 Å². The summed E-state index contributed by atoms with van der Waals surface area (Å²) in [5.74, 6) is -5.18. The summed E-state index contributed by atoms with van der Waals surface area (Å²) >= 11 is 0. The minimum absolute atomic E-state index is 0.00622. The predicted octanol–water partition coefficient (Wildman–Crippen LogP) is -0.510. The number of imide groups is 1. The molecule has 0 spiro atoms. The van der Waals surface area contributed by atoms with E-state index in [0.29, 0.717) is 17.9 Å². The standard InChI is InChI=1S/C27H41N7O8/c1-6-16(4)24(33-25(39)17(5)10-18-11-28-14-31-18)27(41)32-19(9-15(2)3)26(40)30-12-20(35)29-13-23(38)42-34-21(36)7-8-22(34)37/h11,14-17,19,24H,6-10,12-13H2,1-5H3,(H,28,31)(H,29,35)(H,30,40)(H,32,41)(H,33,39)/t16?,17-,19-,24-/m0/s1. The maximum atomic E-state index is 13.3. The highest BCUT2D eigenvalue weighted by atomic mass is 16.7. The molecule has 6 amide bonds. The predicted molar refractivity (Wildman–Crippen MR) is 147 cm³/mol. The Bertz CT molecular complexity index is 1120. The number of H-pyrrole nitrogens is 1. The molecule has 0 bridgehead atoms. The van der Waals surface area contributed by atoms with Crippen LogP contribution in [0.5, 0.6) is 0 Å². The lowest BCUT2D eigenvalue weighted by Gasteiger charge is -2.28. The molecule has 15 nitrogen and oxygen atoms in total. The fraction of sp³-hybridized carbons (Fsp3) is 0.630. The summed E-state index contributed by atoms with van der Waals surface area (Å²) in [5.41, 5.74) is 0.786. The molecular formula is C27H41N7O8. The van der Waals surface area contributed by atoms with Gasteiger partial charge in [0.25, 0.3) is 11.8 Å². The number of nitrogens with one attached hydrogen (secondary N) is 5. The minimum Gasteiger partial charge on any atom is -0.348 e. The average Bonchev–Trinajstić information content (AvgIpc) is 3.57. The second kappa shape index (κ2) is 16.2. The fourth-order valence-electron chi connectivity index (χ4n) is 4.10. The SMILES string of the molecule is CCC(C)[C@H](NC(=O)[C@@H](C)Cc1cnc[nH]1)C(=O)N[C@@H](CC(C)C)C(=O)NCC(=O)NCC(=O)ON1C(=O)CCC1=O. The lowest BCUT2D eigenvalue weighted by molar-refractivity contribution is -0.196. The topological polar surface area (TPSA) is 209 Å². The molecule has 42 heavy (non-hydrogen) atoms. The maximum Gasteiger partial charge on any atom is 0.352 e. The van der Waals surface area contributed by atoms with Crippen molar-refractivity contribution in [3.63, 3.8) is 0 Å². The summed E-state index contributed by atoms with van der Waals surface area (Å²) in [6, 6.07) is -1.88. The molecule has 232 valence electrons. The van der Waals surface area contributed by atoms with Gasteiger partial charge in [-0.05, 0) is 18.3 Å². The van der Waals surface area contributed by atoms with Gasteiger partial charge in [0, 0.05) is 37.1 Å². The summed E-state index contributed by atoms with van der Waals surface area (Å²) < 4.78 is 0. The first-order valence-electron chi connectivity index (χ1n) is 14.0. The van der Waals surface area contributed by atoms with Crippen LogP contribution in [-0.2, 0) is 44.8 Å². The molecule has 0 saturated carbocycles. The zero-order valence-corrected chi connectivity index (χ0v) is 24.7. The Labute approximate surface area is 244 Å². The van der Waals surface area contributed by atoms with Gasteiger partial charge in [-0.1, -0.05) is 41.0 Å². The van der Waals surface area contributed by atoms with Crippen molar-refractivity contribution in [1.29, 1.82) is 0 Å². The highest BCUT2D eigenvalue weighted by Gasteiger charge is 2.33. The largest absolute Gasteiger partial charge is 0.352 e. The number of amides is 6. The van der Waals surface area contributed by atoms with Gasteiger partial charge in [-0.25, -0.2) is 9.78 Å². The molecule has 1 aromatic heterocycles. The second-order valence-corrected chi connectivity index (χ2v) is 10.8. The van der Waals surface area contributed by atoms with Crippen LogP contribution in [0.3, 0.4) is 0 Å².